The molecule has 0 bridgehead atoms. The molecular weight excluding hydrogens is 274 g/mol. The van der Waals surface area contributed by atoms with E-state index in [4.69, 9.17) is 29.6 Å². The summed E-state index contributed by atoms with van der Waals surface area (Å²) < 4.78 is 10.5. The Balaban J connectivity index is 2.58. The highest BCUT2D eigenvalue weighted by molar-refractivity contribution is 5.71. The average Bonchev–Trinajstić information content (AvgIpc) is 2.42. The van der Waals surface area contributed by atoms with Gasteiger partial charge < -0.3 is 29.9 Å². The van der Waals surface area contributed by atoms with Gasteiger partial charge in [-0.25, -0.2) is 4.79 Å². The van der Waals surface area contributed by atoms with Crippen LogP contribution in [0.1, 0.15) is 13.3 Å². The fraction of sp³-hybridized carbons (Fsp3) is 0.909. The first-order valence-corrected chi connectivity index (χ1v) is 6.31. The Morgan fingerprint density at radius 2 is 2.20 bits per heavy atom. The minimum absolute atomic E-state index is 0.0910. The van der Waals surface area contributed by atoms with E-state index >= 15 is 0 Å². The summed E-state index contributed by atoms with van der Waals surface area (Å²) in [5.74, 6) is -1.15. The highest BCUT2D eigenvalue weighted by atomic mass is 16.8. The monoisotopic (exact) mass is 295 g/mol. The summed E-state index contributed by atoms with van der Waals surface area (Å²) in [4.78, 5) is 15.9. The number of nitrogens with one attached hydrogen (secondary N) is 1. The van der Waals surface area contributed by atoms with Crippen LogP contribution in [0.2, 0.25) is 0 Å². The second-order valence-electron chi connectivity index (χ2n) is 4.40. The molecule has 1 fully saturated rings. The van der Waals surface area contributed by atoms with Gasteiger partial charge in [0.05, 0.1) is 19.3 Å². The molecule has 5 N–H and O–H groups in total. The number of hydroxylamine groups is 1. The second-order valence-corrected chi connectivity index (χ2v) is 4.40. The van der Waals surface area contributed by atoms with Crippen molar-refractivity contribution in [2.45, 2.75) is 44.1 Å². The van der Waals surface area contributed by atoms with Crippen LogP contribution < -0.4 is 5.48 Å². The molecule has 0 aliphatic carbocycles. The van der Waals surface area contributed by atoms with E-state index < -0.39 is 43.3 Å². The van der Waals surface area contributed by atoms with E-state index in [0.717, 1.165) is 0 Å². The molecule has 118 valence electrons. The van der Waals surface area contributed by atoms with Gasteiger partial charge in [-0.3, -0.25) is 4.84 Å². The summed E-state index contributed by atoms with van der Waals surface area (Å²) in [6.07, 6.45) is -4.76. The maximum Gasteiger partial charge on any atom is 0.332 e. The van der Waals surface area contributed by atoms with E-state index in [1.165, 1.54) is 6.92 Å². The van der Waals surface area contributed by atoms with Crippen molar-refractivity contribution < 1.29 is 39.5 Å². The number of rotatable bonds is 8. The zero-order valence-electron chi connectivity index (χ0n) is 11.1. The molecule has 2 unspecified atom stereocenters. The fourth-order valence-electron chi connectivity index (χ4n) is 1.78. The highest BCUT2D eigenvalue weighted by Crippen LogP contribution is 2.24. The molecule has 9 nitrogen and oxygen atoms in total. The summed E-state index contributed by atoms with van der Waals surface area (Å²) >= 11 is 0. The number of hydrogen-bond donors (Lipinski definition) is 5. The molecule has 20 heavy (non-hydrogen) atoms. The third-order valence-corrected chi connectivity index (χ3v) is 2.85. The van der Waals surface area contributed by atoms with Gasteiger partial charge in [-0.15, -0.1) is 0 Å². The molecule has 9 heteroatoms. The first-order valence-electron chi connectivity index (χ1n) is 6.31. The first-order chi connectivity index (χ1) is 9.49. The van der Waals surface area contributed by atoms with Crippen LogP contribution >= 0.6 is 0 Å². The number of ether oxygens (including phenoxy) is 2. The van der Waals surface area contributed by atoms with Crippen LogP contribution in [0.25, 0.3) is 0 Å². The number of carbonyl (C=O) groups is 1. The third-order valence-electron chi connectivity index (χ3n) is 2.85. The van der Waals surface area contributed by atoms with Crippen LogP contribution in [-0.2, 0) is 19.1 Å². The third kappa shape index (κ3) is 4.94. The van der Waals surface area contributed by atoms with Gasteiger partial charge >= 0.3 is 5.97 Å². The maximum atomic E-state index is 10.8. The van der Waals surface area contributed by atoms with Crippen LogP contribution in [-0.4, -0.2) is 76.9 Å². The molecular formula is C11H21NO8. The number of aliphatic carboxylic acids is 1. The van der Waals surface area contributed by atoms with Gasteiger partial charge in [-0.1, -0.05) is 0 Å². The average molecular weight is 295 g/mol. The molecule has 0 saturated carbocycles. The fourth-order valence-corrected chi connectivity index (χ4v) is 1.78. The summed E-state index contributed by atoms with van der Waals surface area (Å²) in [6.45, 7) is 0.943. The standard InChI is InChI=1S/C11H21NO8/c1-6(11(16)17)18-7-4-9(20-12-2-3-13)19-8(5-14)10(7)15/h6-10,12-15H,2-5H2,1H3,(H,16,17)/t6?,7-,8-,9?,10+/m1/s1. The molecule has 0 aromatic rings. The van der Waals surface area contributed by atoms with E-state index in [1.54, 1.807) is 0 Å². The minimum atomic E-state index is -1.15. The molecule has 1 aliphatic heterocycles. The molecule has 0 amide bonds. The number of carboxylic acid groups (broad SMARTS) is 1. The van der Waals surface area contributed by atoms with Crippen molar-refractivity contribution in [3.63, 3.8) is 0 Å². The molecule has 0 aromatic heterocycles. The van der Waals surface area contributed by atoms with Crippen molar-refractivity contribution in [1.29, 1.82) is 0 Å². The van der Waals surface area contributed by atoms with Crippen molar-refractivity contribution in [2.24, 2.45) is 0 Å². The van der Waals surface area contributed by atoms with Gasteiger partial charge in [0.2, 0.25) is 0 Å². The molecule has 1 heterocycles. The Bertz CT molecular complexity index is 302. The zero-order valence-corrected chi connectivity index (χ0v) is 11.1. The van der Waals surface area contributed by atoms with Gasteiger partial charge in [0.15, 0.2) is 12.4 Å². The van der Waals surface area contributed by atoms with Crippen molar-refractivity contribution in [1.82, 2.24) is 5.48 Å². The van der Waals surface area contributed by atoms with Gasteiger partial charge in [0.1, 0.15) is 12.2 Å². The van der Waals surface area contributed by atoms with E-state index in [2.05, 4.69) is 5.48 Å². The van der Waals surface area contributed by atoms with Gasteiger partial charge in [-0.2, -0.15) is 5.48 Å². The maximum absolute atomic E-state index is 10.8. The van der Waals surface area contributed by atoms with Crippen molar-refractivity contribution in [3.05, 3.63) is 0 Å². The van der Waals surface area contributed by atoms with Crippen LogP contribution in [0.3, 0.4) is 0 Å². The largest absolute Gasteiger partial charge is 0.479 e. The van der Waals surface area contributed by atoms with Crippen LogP contribution in [0.5, 0.6) is 0 Å². The molecule has 0 aromatic carbocycles. The second kappa shape index (κ2) is 8.47. The molecule has 1 aliphatic rings. The lowest BCUT2D eigenvalue weighted by Crippen LogP contribution is -2.53. The number of hydrogen-bond acceptors (Lipinski definition) is 8. The lowest BCUT2D eigenvalue weighted by atomic mass is 10.0. The summed E-state index contributed by atoms with van der Waals surface area (Å²) in [5.41, 5.74) is 2.45. The molecule has 0 radical (unpaired) electrons. The van der Waals surface area contributed by atoms with Crippen molar-refractivity contribution in [3.8, 4) is 0 Å². The zero-order chi connectivity index (χ0) is 15.1. The SMILES string of the molecule is CC(O[C@@H]1CC(ONCCO)O[C@H](CO)[C@H]1O)C(=O)O. The molecule has 1 rings (SSSR count). The van der Waals surface area contributed by atoms with Crippen molar-refractivity contribution >= 4 is 5.97 Å². The summed E-state index contributed by atoms with van der Waals surface area (Å²) in [5, 5.41) is 36.5. The summed E-state index contributed by atoms with van der Waals surface area (Å²) in [6, 6.07) is 0. The topological polar surface area (TPSA) is 138 Å². The highest BCUT2D eigenvalue weighted by Gasteiger charge is 2.40. The van der Waals surface area contributed by atoms with Gasteiger partial charge in [0, 0.05) is 13.0 Å². The minimum Gasteiger partial charge on any atom is -0.479 e. The number of aliphatic hydroxyl groups is 3. The normalized spacial score (nSPS) is 32.0. The molecule has 1 saturated heterocycles. The number of carboxylic acids is 1. The lowest BCUT2D eigenvalue weighted by Gasteiger charge is -2.38. The number of aliphatic hydroxyl groups excluding tert-OH is 3. The van der Waals surface area contributed by atoms with Crippen LogP contribution in [0, 0.1) is 0 Å². The van der Waals surface area contributed by atoms with Crippen LogP contribution in [0.4, 0.5) is 0 Å². The van der Waals surface area contributed by atoms with Gasteiger partial charge in [0.25, 0.3) is 0 Å². The predicted octanol–water partition coefficient (Wildman–Crippen LogP) is -2.17. The Hall–Kier alpha value is -0.810. The van der Waals surface area contributed by atoms with E-state index in [1.807, 2.05) is 0 Å². The van der Waals surface area contributed by atoms with E-state index in [-0.39, 0.29) is 19.6 Å². The molecule has 0 spiro atoms. The molecule has 5 atom stereocenters. The Kier molecular flexibility index (Phi) is 7.30. The first kappa shape index (κ1) is 17.2. The Morgan fingerprint density at radius 1 is 1.50 bits per heavy atom. The van der Waals surface area contributed by atoms with E-state index in [9.17, 15) is 9.90 Å². The smallest absolute Gasteiger partial charge is 0.332 e. The van der Waals surface area contributed by atoms with Crippen molar-refractivity contribution in [2.75, 3.05) is 19.8 Å². The lowest BCUT2D eigenvalue weighted by molar-refractivity contribution is -0.284. The van der Waals surface area contributed by atoms with Crippen LogP contribution in [0.15, 0.2) is 0 Å². The Labute approximate surface area is 116 Å². The van der Waals surface area contributed by atoms with E-state index in [0.29, 0.717) is 0 Å². The Morgan fingerprint density at radius 3 is 2.75 bits per heavy atom. The van der Waals surface area contributed by atoms with Gasteiger partial charge in [-0.05, 0) is 6.92 Å². The predicted molar refractivity (Wildman–Crippen MR) is 64.5 cm³/mol. The summed E-state index contributed by atoms with van der Waals surface area (Å²) in [7, 11) is 0. The quantitative estimate of drug-likeness (QED) is 0.250.